The van der Waals surface area contributed by atoms with Crippen molar-refractivity contribution < 1.29 is 0 Å². The summed E-state index contributed by atoms with van der Waals surface area (Å²) in [5, 5.41) is 8.78. The van der Waals surface area contributed by atoms with Gasteiger partial charge in [0.15, 0.2) is 0 Å². The third-order valence-corrected chi connectivity index (χ3v) is 3.42. The summed E-state index contributed by atoms with van der Waals surface area (Å²) in [7, 11) is 0. The van der Waals surface area contributed by atoms with E-state index in [9.17, 15) is 0 Å². The number of fused-ring (bicyclic) bond motifs is 1. The summed E-state index contributed by atoms with van der Waals surface area (Å²) >= 11 is 0. The summed E-state index contributed by atoms with van der Waals surface area (Å²) in [6.45, 7) is 5.83. The number of hydrogen-bond acceptors (Lipinski definition) is 4. The summed E-state index contributed by atoms with van der Waals surface area (Å²) in [4.78, 5) is 8.83. The van der Waals surface area contributed by atoms with Crippen LogP contribution in [0, 0.1) is 13.8 Å². The van der Waals surface area contributed by atoms with Gasteiger partial charge >= 0.3 is 0 Å². The smallest absolute Gasteiger partial charge is 0.223 e. The van der Waals surface area contributed by atoms with Crippen molar-refractivity contribution in [2.75, 3.05) is 11.9 Å². The van der Waals surface area contributed by atoms with E-state index in [-0.39, 0.29) is 0 Å². The normalized spacial score (nSPS) is 11.0. The zero-order valence-electron chi connectivity index (χ0n) is 12.4. The van der Waals surface area contributed by atoms with Crippen LogP contribution in [0.15, 0.2) is 36.5 Å². The van der Waals surface area contributed by atoms with Crippen LogP contribution < -0.4 is 5.32 Å². The Labute approximate surface area is 124 Å². The molecule has 2 aromatic heterocycles. The van der Waals surface area contributed by atoms with Crippen LogP contribution >= 0.6 is 0 Å². The molecule has 0 aliphatic carbocycles. The molecule has 0 spiro atoms. The first-order valence-corrected chi connectivity index (χ1v) is 7.19. The second-order valence-electron chi connectivity index (χ2n) is 5.18. The van der Waals surface area contributed by atoms with Gasteiger partial charge in [0.1, 0.15) is 0 Å². The summed E-state index contributed by atoms with van der Waals surface area (Å²) < 4.78 is 2.04. The average molecular weight is 281 g/mol. The molecule has 0 saturated carbocycles. The molecular weight excluding hydrogens is 262 g/mol. The molecule has 2 heterocycles. The van der Waals surface area contributed by atoms with E-state index >= 15 is 0 Å². The third-order valence-electron chi connectivity index (χ3n) is 3.42. The molecule has 0 amide bonds. The van der Waals surface area contributed by atoms with Crippen molar-refractivity contribution >= 4 is 16.9 Å². The standard InChI is InChI=1S/C16H19N5/c1-12-10-13(2)21(20-12)9-5-8-17-16-18-11-14-6-3-4-7-15(14)19-16/h3-4,6-7,10-11H,5,8-9H2,1-2H3,(H,17,18,19). The molecule has 0 atom stereocenters. The number of nitrogens with one attached hydrogen (secondary N) is 1. The van der Waals surface area contributed by atoms with Crippen LogP contribution in [-0.4, -0.2) is 26.3 Å². The summed E-state index contributed by atoms with van der Waals surface area (Å²) in [6, 6.07) is 10.1. The van der Waals surface area contributed by atoms with Crippen LogP contribution in [0.2, 0.25) is 0 Å². The van der Waals surface area contributed by atoms with Crippen LogP contribution in [-0.2, 0) is 6.54 Å². The van der Waals surface area contributed by atoms with Gasteiger partial charge in [0.2, 0.25) is 5.95 Å². The van der Waals surface area contributed by atoms with Crippen molar-refractivity contribution in [3.05, 3.63) is 47.9 Å². The highest BCUT2D eigenvalue weighted by molar-refractivity contribution is 5.78. The molecule has 3 rings (SSSR count). The highest BCUT2D eigenvalue weighted by Crippen LogP contribution is 2.11. The van der Waals surface area contributed by atoms with Crippen molar-refractivity contribution in [1.29, 1.82) is 0 Å². The fourth-order valence-corrected chi connectivity index (χ4v) is 2.39. The molecule has 3 aromatic rings. The van der Waals surface area contributed by atoms with Crippen LogP contribution in [0.3, 0.4) is 0 Å². The van der Waals surface area contributed by atoms with Crippen molar-refractivity contribution in [1.82, 2.24) is 19.7 Å². The maximum absolute atomic E-state index is 4.50. The Bertz CT molecular complexity index is 747. The lowest BCUT2D eigenvalue weighted by Crippen LogP contribution is -2.10. The van der Waals surface area contributed by atoms with Crippen molar-refractivity contribution in [3.63, 3.8) is 0 Å². The van der Waals surface area contributed by atoms with Crippen molar-refractivity contribution in [3.8, 4) is 0 Å². The Kier molecular flexibility index (Phi) is 3.81. The largest absolute Gasteiger partial charge is 0.354 e. The number of benzene rings is 1. The van der Waals surface area contributed by atoms with E-state index in [2.05, 4.69) is 33.4 Å². The zero-order valence-corrected chi connectivity index (χ0v) is 12.4. The molecule has 0 aliphatic heterocycles. The van der Waals surface area contributed by atoms with Gasteiger partial charge in [-0.15, -0.1) is 0 Å². The zero-order chi connectivity index (χ0) is 14.7. The van der Waals surface area contributed by atoms with E-state index in [0.717, 1.165) is 36.1 Å². The fourth-order valence-electron chi connectivity index (χ4n) is 2.39. The Morgan fingerprint density at radius 1 is 1.19 bits per heavy atom. The topological polar surface area (TPSA) is 55.6 Å². The molecule has 5 heteroatoms. The van der Waals surface area contributed by atoms with Crippen LogP contribution in [0.25, 0.3) is 10.9 Å². The molecular formula is C16H19N5. The van der Waals surface area contributed by atoms with Gasteiger partial charge in [-0.2, -0.15) is 5.10 Å². The number of rotatable bonds is 5. The van der Waals surface area contributed by atoms with Crippen LogP contribution in [0.1, 0.15) is 17.8 Å². The quantitative estimate of drug-likeness (QED) is 0.731. The van der Waals surface area contributed by atoms with E-state index in [0.29, 0.717) is 5.95 Å². The minimum atomic E-state index is 0.682. The molecule has 0 unspecified atom stereocenters. The lowest BCUT2D eigenvalue weighted by atomic mass is 10.2. The predicted octanol–water partition coefficient (Wildman–Crippen LogP) is 2.95. The van der Waals surface area contributed by atoms with E-state index in [4.69, 9.17) is 0 Å². The van der Waals surface area contributed by atoms with Gasteiger partial charge in [-0.3, -0.25) is 4.68 Å². The molecule has 0 aliphatic rings. The Morgan fingerprint density at radius 3 is 2.86 bits per heavy atom. The van der Waals surface area contributed by atoms with E-state index in [1.165, 1.54) is 5.69 Å². The van der Waals surface area contributed by atoms with Crippen molar-refractivity contribution in [2.45, 2.75) is 26.8 Å². The lowest BCUT2D eigenvalue weighted by Gasteiger charge is -2.07. The molecule has 0 fully saturated rings. The number of para-hydroxylation sites is 1. The lowest BCUT2D eigenvalue weighted by molar-refractivity contribution is 0.573. The Morgan fingerprint density at radius 2 is 2.05 bits per heavy atom. The monoisotopic (exact) mass is 281 g/mol. The van der Waals surface area contributed by atoms with Crippen molar-refractivity contribution in [2.24, 2.45) is 0 Å². The highest BCUT2D eigenvalue weighted by atomic mass is 15.3. The first-order chi connectivity index (χ1) is 10.2. The number of nitrogens with zero attached hydrogens (tertiary/aromatic N) is 4. The second kappa shape index (κ2) is 5.91. The Balaban J connectivity index is 1.55. The predicted molar refractivity (Wildman–Crippen MR) is 84.3 cm³/mol. The number of aryl methyl sites for hydroxylation is 3. The maximum Gasteiger partial charge on any atom is 0.223 e. The second-order valence-corrected chi connectivity index (χ2v) is 5.18. The number of anilines is 1. The molecule has 0 radical (unpaired) electrons. The minimum absolute atomic E-state index is 0.682. The molecule has 5 nitrogen and oxygen atoms in total. The van der Waals surface area contributed by atoms with Gasteiger partial charge in [0.05, 0.1) is 11.2 Å². The summed E-state index contributed by atoms with van der Waals surface area (Å²) in [6.07, 6.45) is 2.84. The molecule has 108 valence electrons. The van der Waals surface area contributed by atoms with Gasteiger partial charge < -0.3 is 5.32 Å². The first kappa shape index (κ1) is 13.5. The van der Waals surface area contributed by atoms with Gasteiger partial charge in [-0.1, -0.05) is 18.2 Å². The third kappa shape index (κ3) is 3.18. The van der Waals surface area contributed by atoms with Crippen LogP contribution in [0.5, 0.6) is 0 Å². The van der Waals surface area contributed by atoms with Crippen LogP contribution in [0.4, 0.5) is 5.95 Å². The van der Waals surface area contributed by atoms with Gasteiger partial charge in [0.25, 0.3) is 0 Å². The Hall–Kier alpha value is -2.43. The fraction of sp³-hybridized carbons (Fsp3) is 0.312. The van der Waals surface area contributed by atoms with Gasteiger partial charge in [-0.25, -0.2) is 9.97 Å². The molecule has 21 heavy (non-hydrogen) atoms. The molecule has 0 bridgehead atoms. The van der Waals surface area contributed by atoms with E-state index in [1.54, 1.807) is 0 Å². The molecule has 1 aromatic carbocycles. The summed E-state index contributed by atoms with van der Waals surface area (Å²) in [5.74, 6) is 0.682. The highest BCUT2D eigenvalue weighted by Gasteiger charge is 2.01. The average Bonchev–Trinajstić information content (AvgIpc) is 2.81. The number of hydrogen-bond donors (Lipinski definition) is 1. The molecule has 0 saturated heterocycles. The van der Waals surface area contributed by atoms with E-state index in [1.807, 2.05) is 42.1 Å². The maximum atomic E-state index is 4.50. The number of aromatic nitrogens is 4. The first-order valence-electron chi connectivity index (χ1n) is 7.19. The SMILES string of the molecule is Cc1cc(C)n(CCCNc2ncc3ccccc3n2)n1. The van der Waals surface area contributed by atoms with Gasteiger partial charge in [-0.05, 0) is 32.4 Å². The molecule has 1 N–H and O–H groups in total. The minimum Gasteiger partial charge on any atom is -0.354 e. The van der Waals surface area contributed by atoms with E-state index < -0.39 is 0 Å². The summed E-state index contributed by atoms with van der Waals surface area (Å²) in [5.41, 5.74) is 3.24. The van der Waals surface area contributed by atoms with Gasteiger partial charge in [0, 0.05) is 30.4 Å².